The molecule has 0 aliphatic rings. The second kappa shape index (κ2) is 4.25. The number of nitrogens with zero attached hydrogens (tertiary/aromatic N) is 4. The average molecular weight is 282 g/mol. The second-order valence-electron chi connectivity index (χ2n) is 4.38. The van der Waals surface area contributed by atoms with Crippen LogP contribution in [0.3, 0.4) is 0 Å². The number of hydrogen-bond donors (Lipinski definition) is 1. The Kier molecular flexibility index (Phi) is 2.40. The van der Waals surface area contributed by atoms with Crippen molar-refractivity contribution in [2.45, 2.75) is 0 Å². The number of pyridine rings is 1. The zero-order valence-corrected chi connectivity index (χ0v) is 11.0. The van der Waals surface area contributed by atoms with Crippen LogP contribution in [0, 0.1) is 0 Å². The lowest BCUT2D eigenvalue weighted by Crippen LogP contribution is -1.91. The van der Waals surface area contributed by atoms with Gasteiger partial charge in [0.15, 0.2) is 5.65 Å². The van der Waals surface area contributed by atoms with Crippen LogP contribution in [0.15, 0.2) is 42.9 Å². The van der Waals surface area contributed by atoms with E-state index in [9.17, 15) is 0 Å². The molecule has 3 aromatic heterocycles. The summed E-state index contributed by atoms with van der Waals surface area (Å²) in [4.78, 5) is 12.7. The molecule has 0 unspecified atom stereocenters. The fourth-order valence-electron chi connectivity index (χ4n) is 2.32. The molecule has 0 aliphatic carbocycles. The van der Waals surface area contributed by atoms with E-state index in [0.717, 1.165) is 27.4 Å². The van der Waals surface area contributed by atoms with Crippen molar-refractivity contribution in [1.82, 2.24) is 25.1 Å². The van der Waals surface area contributed by atoms with Crippen LogP contribution >= 0.6 is 11.6 Å². The van der Waals surface area contributed by atoms with Crippen molar-refractivity contribution in [3.63, 3.8) is 0 Å². The van der Waals surface area contributed by atoms with Gasteiger partial charge in [-0.15, -0.1) is 0 Å². The molecule has 0 radical (unpaired) electrons. The van der Waals surface area contributed by atoms with Gasteiger partial charge in [-0.25, -0.2) is 4.98 Å². The Morgan fingerprint density at radius 2 is 1.85 bits per heavy atom. The molecule has 4 aromatic rings. The third-order valence-corrected chi connectivity index (χ3v) is 3.37. The predicted octanol–water partition coefficient (Wildman–Crippen LogP) is 3.22. The largest absolute Gasteiger partial charge is 0.263 e. The average Bonchev–Trinajstić information content (AvgIpc) is 2.94. The highest BCUT2D eigenvalue weighted by atomic mass is 35.5. The van der Waals surface area contributed by atoms with Crippen molar-refractivity contribution >= 4 is 33.4 Å². The van der Waals surface area contributed by atoms with Crippen LogP contribution in [-0.4, -0.2) is 25.1 Å². The number of aromatic nitrogens is 5. The summed E-state index contributed by atoms with van der Waals surface area (Å²) in [5, 5.41) is 9.95. The van der Waals surface area contributed by atoms with E-state index in [0.29, 0.717) is 5.65 Å². The number of aromatic amines is 1. The van der Waals surface area contributed by atoms with Crippen LogP contribution in [0.2, 0.25) is 5.28 Å². The van der Waals surface area contributed by atoms with E-state index in [4.69, 9.17) is 11.6 Å². The molecule has 0 amide bonds. The SMILES string of the molecule is Clc1nc(-c2cncc3ccccc23)c2cn[nH]c2n1. The second-order valence-corrected chi connectivity index (χ2v) is 4.72. The maximum Gasteiger partial charge on any atom is 0.224 e. The number of nitrogens with one attached hydrogen (secondary N) is 1. The fourth-order valence-corrected chi connectivity index (χ4v) is 2.49. The number of hydrogen-bond acceptors (Lipinski definition) is 4. The molecule has 20 heavy (non-hydrogen) atoms. The summed E-state index contributed by atoms with van der Waals surface area (Å²) in [7, 11) is 0. The number of rotatable bonds is 1. The van der Waals surface area contributed by atoms with Crippen molar-refractivity contribution in [2.24, 2.45) is 0 Å². The molecular weight excluding hydrogens is 274 g/mol. The molecule has 3 heterocycles. The Hall–Kier alpha value is -2.53. The van der Waals surface area contributed by atoms with Gasteiger partial charge in [0.2, 0.25) is 5.28 Å². The van der Waals surface area contributed by atoms with Gasteiger partial charge in [-0.2, -0.15) is 10.1 Å². The standard InChI is InChI=1S/C14H8ClN5/c15-14-18-12(11-7-17-20-13(11)19-14)10-6-16-5-8-3-1-2-4-9(8)10/h1-7H,(H,17,18,19,20). The summed E-state index contributed by atoms with van der Waals surface area (Å²) in [6.07, 6.45) is 5.31. The molecule has 5 nitrogen and oxygen atoms in total. The highest BCUT2D eigenvalue weighted by molar-refractivity contribution is 6.28. The van der Waals surface area contributed by atoms with Crippen molar-refractivity contribution in [2.75, 3.05) is 0 Å². The lowest BCUT2D eigenvalue weighted by Gasteiger charge is -2.06. The Bertz CT molecular complexity index is 926. The van der Waals surface area contributed by atoms with Gasteiger partial charge in [-0.3, -0.25) is 10.1 Å². The number of H-pyrrole nitrogens is 1. The molecule has 1 aromatic carbocycles. The van der Waals surface area contributed by atoms with E-state index in [-0.39, 0.29) is 5.28 Å². The molecule has 4 rings (SSSR count). The van der Waals surface area contributed by atoms with Gasteiger partial charge in [0.05, 0.1) is 17.3 Å². The summed E-state index contributed by atoms with van der Waals surface area (Å²) >= 11 is 5.99. The van der Waals surface area contributed by atoms with Crippen LogP contribution in [0.5, 0.6) is 0 Å². The van der Waals surface area contributed by atoms with Crippen LogP contribution in [0.4, 0.5) is 0 Å². The minimum absolute atomic E-state index is 0.185. The molecule has 0 bridgehead atoms. The summed E-state index contributed by atoms with van der Waals surface area (Å²) in [6, 6.07) is 8.02. The minimum atomic E-state index is 0.185. The Balaban J connectivity index is 2.14. The van der Waals surface area contributed by atoms with Crippen LogP contribution in [0.1, 0.15) is 0 Å². The summed E-state index contributed by atoms with van der Waals surface area (Å²) in [6.45, 7) is 0. The fraction of sp³-hybridized carbons (Fsp3) is 0. The van der Waals surface area contributed by atoms with Gasteiger partial charge in [0, 0.05) is 23.3 Å². The minimum Gasteiger partial charge on any atom is -0.263 e. The van der Waals surface area contributed by atoms with Gasteiger partial charge in [-0.1, -0.05) is 24.3 Å². The Morgan fingerprint density at radius 1 is 0.950 bits per heavy atom. The first kappa shape index (κ1) is 11.3. The van der Waals surface area contributed by atoms with E-state index >= 15 is 0 Å². The Labute approximate surface area is 118 Å². The Morgan fingerprint density at radius 3 is 2.80 bits per heavy atom. The van der Waals surface area contributed by atoms with E-state index in [1.54, 1.807) is 12.4 Å². The lowest BCUT2D eigenvalue weighted by molar-refractivity contribution is 1.09. The van der Waals surface area contributed by atoms with Crippen molar-refractivity contribution < 1.29 is 0 Å². The van der Waals surface area contributed by atoms with Gasteiger partial charge in [0.1, 0.15) is 0 Å². The van der Waals surface area contributed by atoms with Gasteiger partial charge < -0.3 is 0 Å². The van der Waals surface area contributed by atoms with Gasteiger partial charge >= 0.3 is 0 Å². The zero-order valence-electron chi connectivity index (χ0n) is 10.2. The third kappa shape index (κ3) is 1.64. The van der Waals surface area contributed by atoms with Crippen molar-refractivity contribution in [1.29, 1.82) is 0 Å². The molecular formula is C14H8ClN5. The molecule has 0 saturated carbocycles. The molecule has 0 fully saturated rings. The molecule has 0 atom stereocenters. The van der Waals surface area contributed by atoms with Crippen molar-refractivity contribution in [3.05, 3.63) is 48.1 Å². The molecule has 0 aliphatic heterocycles. The van der Waals surface area contributed by atoms with E-state index in [1.165, 1.54) is 0 Å². The molecule has 96 valence electrons. The maximum atomic E-state index is 5.99. The highest BCUT2D eigenvalue weighted by Crippen LogP contribution is 2.31. The number of benzene rings is 1. The smallest absolute Gasteiger partial charge is 0.224 e. The predicted molar refractivity (Wildman–Crippen MR) is 77.4 cm³/mol. The normalized spacial score (nSPS) is 11.2. The molecule has 1 N–H and O–H groups in total. The van der Waals surface area contributed by atoms with E-state index < -0.39 is 0 Å². The number of fused-ring (bicyclic) bond motifs is 2. The van der Waals surface area contributed by atoms with E-state index in [1.807, 2.05) is 30.5 Å². The van der Waals surface area contributed by atoms with Crippen LogP contribution in [0.25, 0.3) is 33.1 Å². The quantitative estimate of drug-likeness (QED) is 0.544. The topological polar surface area (TPSA) is 67.3 Å². The van der Waals surface area contributed by atoms with Crippen LogP contribution in [-0.2, 0) is 0 Å². The van der Waals surface area contributed by atoms with Gasteiger partial charge in [0.25, 0.3) is 0 Å². The zero-order chi connectivity index (χ0) is 13.5. The first-order valence-corrected chi connectivity index (χ1v) is 6.40. The highest BCUT2D eigenvalue weighted by Gasteiger charge is 2.13. The third-order valence-electron chi connectivity index (χ3n) is 3.21. The first-order chi connectivity index (χ1) is 9.83. The van der Waals surface area contributed by atoms with Crippen LogP contribution < -0.4 is 0 Å². The summed E-state index contributed by atoms with van der Waals surface area (Å²) in [5.74, 6) is 0. The molecule has 6 heteroatoms. The first-order valence-electron chi connectivity index (χ1n) is 6.02. The number of halogens is 1. The summed E-state index contributed by atoms with van der Waals surface area (Å²) in [5.41, 5.74) is 2.27. The summed E-state index contributed by atoms with van der Waals surface area (Å²) < 4.78 is 0. The molecule has 0 saturated heterocycles. The maximum absolute atomic E-state index is 5.99. The van der Waals surface area contributed by atoms with Crippen molar-refractivity contribution in [3.8, 4) is 11.3 Å². The lowest BCUT2D eigenvalue weighted by atomic mass is 10.0. The monoisotopic (exact) mass is 281 g/mol. The van der Waals surface area contributed by atoms with Gasteiger partial charge in [-0.05, 0) is 17.0 Å². The molecule has 0 spiro atoms. The van der Waals surface area contributed by atoms with E-state index in [2.05, 4.69) is 25.1 Å².